The van der Waals surface area contributed by atoms with Crippen LogP contribution in [-0.2, 0) is 9.59 Å². The molecule has 3 heteroatoms. The summed E-state index contributed by atoms with van der Waals surface area (Å²) in [6.07, 6.45) is 13.4. The lowest BCUT2D eigenvalue weighted by atomic mass is 9.97. The van der Waals surface area contributed by atoms with Crippen LogP contribution >= 0.6 is 0 Å². The second-order valence-electron chi connectivity index (χ2n) is 5.35. The third-order valence-corrected chi connectivity index (χ3v) is 3.64. The van der Waals surface area contributed by atoms with E-state index in [-0.39, 0.29) is 11.7 Å². The number of carbonyl (C=O) groups excluding carboxylic acids is 2. The molecule has 19 heavy (non-hydrogen) atoms. The highest BCUT2D eigenvalue weighted by molar-refractivity contribution is 6.06. The van der Waals surface area contributed by atoms with Gasteiger partial charge in [-0.25, -0.2) is 0 Å². The van der Waals surface area contributed by atoms with E-state index in [1.807, 2.05) is 6.08 Å². The summed E-state index contributed by atoms with van der Waals surface area (Å²) >= 11 is 0. The summed E-state index contributed by atoms with van der Waals surface area (Å²) in [5.41, 5.74) is 0. The molecular formula is C16H27NO2. The van der Waals surface area contributed by atoms with Gasteiger partial charge in [0.25, 0.3) is 0 Å². The first-order valence-corrected chi connectivity index (χ1v) is 7.73. The van der Waals surface area contributed by atoms with Gasteiger partial charge in [0.15, 0.2) is 5.78 Å². The summed E-state index contributed by atoms with van der Waals surface area (Å²) in [6, 6.07) is 0. The Labute approximate surface area is 116 Å². The molecule has 3 nitrogen and oxygen atoms in total. The average molecular weight is 265 g/mol. The first kappa shape index (κ1) is 15.9. The van der Waals surface area contributed by atoms with Gasteiger partial charge in [0.1, 0.15) is 5.92 Å². The van der Waals surface area contributed by atoms with E-state index in [0.717, 1.165) is 25.7 Å². The second-order valence-corrected chi connectivity index (χ2v) is 5.35. The number of hydrogen-bond acceptors (Lipinski definition) is 2. The van der Waals surface area contributed by atoms with E-state index < -0.39 is 5.92 Å². The van der Waals surface area contributed by atoms with Crippen LogP contribution in [0.1, 0.15) is 64.7 Å². The molecule has 1 unspecified atom stereocenters. The molecule has 1 N–H and O–H groups in total. The Morgan fingerprint density at radius 2 is 2.05 bits per heavy atom. The van der Waals surface area contributed by atoms with Gasteiger partial charge in [-0.1, -0.05) is 45.1 Å². The molecule has 0 saturated carbocycles. The Bertz CT molecular complexity index is 310. The molecule has 1 aliphatic heterocycles. The van der Waals surface area contributed by atoms with E-state index in [4.69, 9.17) is 0 Å². The molecule has 1 amide bonds. The van der Waals surface area contributed by atoms with Gasteiger partial charge in [0.2, 0.25) is 5.91 Å². The Morgan fingerprint density at radius 3 is 2.84 bits per heavy atom. The molecule has 0 spiro atoms. The highest BCUT2D eigenvalue weighted by Crippen LogP contribution is 2.14. The van der Waals surface area contributed by atoms with Crippen molar-refractivity contribution < 1.29 is 9.59 Å². The van der Waals surface area contributed by atoms with Gasteiger partial charge in [0.05, 0.1) is 0 Å². The minimum absolute atomic E-state index is 0.0204. The summed E-state index contributed by atoms with van der Waals surface area (Å²) in [5, 5.41) is 2.81. The zero-order chi connectivity index (χ0) is 13.9. The number of allylic oxidation sites excluding steroid dienone is 2. The van der Waals surface area contributed by atoms with E-state index in [1.165, 1.54) is 25.7 Å². The van der Waals surface area contributed by atoms with Crippen molar-refractivity contribution in [2.24, 2.45) is 5.92 Å². The molecule has 1 fully saturated rings. The largest absolute Gasteiger partial charge is 0.355 e. The van der Waals surface area contributed by atoms with Crippen LogP contribution < -0.4 is 5.32 Å². The molecule has 1 heterocycles. The van der Waals surface area contributed by atoms with Crippen molar-refractivity contribution in [2.75, 3.05) is 6.54 Å². The fourth-order valence-corrected chi connectivity index (χ4v) is 2.39. The highest BCUT2D eigenvalue weighted by atomic mass is 16.2. The summed E-state index contributed by atoms with van der Waals surface area (Å²) in [5.74, 6) is -0.554. The molecule has 0 aliphatic carbocycles. The number of unbranched alkanes of at least 4 members (excludes halogenated alkanes) is 5. The van der Waals surface area contributed by atoms with E-state index >= 15 is 0 Å². The van der Waals surface area contributed by atoms with Crippen LogP contribution in [0.4, 0.5) is 0 Å². The highest BCUT2D eigenvalue weighted by Gasteiger charge is 2.25. The third-order valence-electron chi connectivity index (χ3n) is 3.64. The number of nitrogens with one attached hydrogen (secondary N) is 1. The van der Waals surface area contributed by atoms with Crippen LogP contribution in [0.2, 0.25) is 0 Å². The van der Waals surface area contributed by atoms with Gasteiger partial charge >= 0.3 is 0 Å². The lowest BCUT2D eigenvalue weighted by Crippen LogP contribution is -2.32. The maximum Gasteiger partial charge on any atom is 0.230 e. The topological polar surface area (TPSA) is 46.2 Å². The molecule has 1 rings (SSSR count). The molecule has 0 aromatic carbocycles. The minimum atomic E-state index is -0.446. The van der Waals surface area contributed by atoms with E-state index in [2.05, 4.69) is 12.2 Å². The number of hydrogen-bond donors (Lipinski definition) is 1. The smallest absolute Gasteiger partial charge is 0.230 e. The SMILES string of the molecule is CCCCCCCC=CC(=O)C1CCCCNC1=O. The molecular weight excluding hydrogens is 238 g/mol. The summed E-state index contributed by atoms with van der Waals surface area (Å²) in [6.45, 7) is 2.92. The van der Waals surface area contributed by atoms with Crippen LogP contribution in [0.5, 0.6) is 0 Å². The Kier molecular flexibility index (Phi) is 8.19. The van der Waals surface area contributed by atoms with Crippen molar-refractivity contribution >= 4 is 11.7 Å². The molecule has 0 bridgehead atoms. The van der Waals surface area contributed by atoms with Gasteiger partial charge in [-0.3, -0.25) is 9.59 Å². The number of ketones is 1. The molecule has 0 aromatic rings. The Morgan fingerprint density at radius 1 is 1.26 bits per heavy atom. The minimum Gasteiger partial charge on any atom is -0.355 e. The summed E-state index contributed by atoms with van der Waals surface area (Å²) < 4.78 is 0. The Balaban J connectivity index is 2.23. The van der Waals surface area contributed by atoms with Crippen LogP contribution in [-0.4, -0.2) is 18.2 Å². The fourth-order valence-electron chi connectivity index (χ4n) is 2.39. The van der Waals surface area contributed by atoms with Crippen molar-refractivity contribution in [3.63, 3.8) is 0 Å². The van der Waals surface area contributed by atoms with Crippen LogP contribution in [0.3, 0.4) is 0 Å². The van der Waals surface area contributed by atoms with Crippen molar-refractivity contribution in [3.05, 3.63) is 12.2 Å². The van der Waals surface area contributed by atoms with Gasteiger partial charge in [-0.2, -0.15) is 0 Å². The molecule has 1 atom stereocenters. The van der Waals surface area contributed by atoms with E-state index in [9.17, 15) is 9.59 Å². The van der Waals surface area contributed by atoms with Gasteiger partial charge < -0.3 is 5.32 Å². The summed E-state index contributed by atoms with van der Waals surface area (Å²) in [7, 11) is 0. The lowest BCUT2D eigenvalue weighted by molar-refractivity contribution is -0.131. The zero-order valence-electron chi connectivity index (χ0n) is 12.1. The number of carbonyl (C=O) groups is 2. The van der Waals surface area contributed by atoms with E-state index in [1.54, 1.807) is 6.08 Å². The predicted octanol–water partition coefficient (Wildman–Crippen LogP) is 3.39. The third kappa shape index (κ3) is 6.55. The molecule has 0 radical (unpaired) electrons. The summed E-state index contributed by atoms with van der Waals surface area (Å²) in [4.78, 5) is 23.6. The standard InChI is InChI=1S/C16H27NO2/c1-2-3-4-5-6-7-8-12-15(18)14-11-9-10-13-17-16(14)19/h8,12,14H,2-7,9-11,13H2,1H3,(H,17,19). The predicted molar refractivity (Wildman–Crippen MR) is 77.9 cm³/mol. The molecule has 1 saturated heterocycles. The molecule has 108 valence electrons. The van der Waals surface area contributed by atoms with E-state index in [0.29, 0.717) is 13.0 Å². The van der Waals surface area contributed by atoms with Gasteiger partial charge in [-0.15, -0.1) is 0 Å². The zero-order valence-corrected chi connectivity index (χ0v) is 12.1. The van der Waals surface area contributed by atoms with Crippen molar-refractivity contribution in [2.45, 2.75) is 64.7 Å². The Hall–Kier alpha value is -1.12. The quantitative estimate of drug-likeness (QED) is 0.415. The van der Waals surface area contributed by atoms with Crippen LogP contribution in [0.15, 0.2) is 12.2 Å². The molecule has 1 aliphatic rings. The van der Waals surface area contributed by atoms with Crippen LogP contribution in [0.25, 0.3) is 0 Å². The van der Waals surface area contributed by atoms with Gasteiger partial charge in [-0.05, 0) is 31.8 Å². The first-order valence-electron chi connectivity index (χ1n) is 7.73. The average Bonchev–Trinajstić information content (AvgIpc) is 2.62. The van der Waals surface area contributed by atoms with Crippen molar-refractivity contribution in [1.82, 2.24) is 5.32 Å². The number of amides is 1. The fraction of sp³-hybridized carbons (Fsp3) is 0.750. The molecule has 0 aromatic heterocycles. The number of rotatable bonds is 8. The maximum atomic E-state index is 11.9. The van der Waals surface area contributed by atoms with Crippen molar-refractivity contribution in [3.8, 4) is 0 Å². The first-order chi connectivity index (χ1) is 9.25. The van der Waals surface area contributed by atoms with Crippen LogP contribution in [0, 0.1) is 5.92 Å². The maximum absolute atomic E-state index is 11.9. The van der Waals surface area contributed by atoms with Crippen molar-refractivity contribution in [1.29, 1.82) is 0 Å². The van der Waals surface area contributed by atoms with Gasteiger partial charge in [0, 0.05) is 6.54 Å². The monoisotopic (exact) mass is 265 g/mol. The second kappa shape index (κ2) is 9.76. The lowest BCUT2D eigenvalue weighted by Gasteiger charge is -2.08. The normalized spacial score (nSPS) is 20.3.